The zero-order chi connectivity index (χ0) is 13.8. The van der Waals surface area contributed by atoms with Gasteiger partial charge in [-0.3, -0.25) is 9.59 Å². The van der Waals surface area contributed by atoms with Gasteiger partial charge in [0.1, 0.15) is 0 Å². The number of carbonyl (C=O) groups is 2. The van der Waals surface area contributed by atoms with Gasteiger partial charge in [-0.05, 0) is 43.1 Å². The summed E-state index contributed by atoms with van der Waals surface area (Å²) in [6, 6.07) is 0. The van der Waals surface area contributed by atoms with Gasteiger partial charge in [-0.15, -0.1) is 5.73 Å². The van der Waals surface area contributed by atoms with E-state index in [0.717, 1.165) is 18.4 Å². The molecule has 0 saturated carbocycles. The third kappa shape index (κ3) is 2.68. The van der Waals surface area contributed by atoms with Gasteiger partial charge in [0.25, 0.3) is 0 Å². The third-order valence-corrected chi connectivity index (χ3v) is 3.40. The van der Waals surface area contributed by atoms with Gasteiger partial charge in [-0.2, -0.15) is 0 Å². The SMILES string of the molecule is CCC(=C=CC1(CC)C(=O)NC(=S)NC1=O)CC. The number of nitrogens with one attached hydrogen (secondary N) is 2. The Kier molecular flexibility index (Phi) is 4.82. The molecule has 0 spiro atoms. The van der Waals surface area contributed by atoms with Crippen LogP contribution in [0.25, 0.3) is 0 Å². The Balaban J connectivity index is 3.20. The molecule has 5 heteroatoms. The van der Waals surface area contributed by atoms with E-state index in [2.05, 4.69) is 16.4 Å². The summed E-state index contributed by atoms with van der Waals surface area (Å²) in [5, 5.41) is 5.05. The van der Waals surface area contributed by atoms with Gasteiger partial charge >= 0.3 is 0 Å². The normalized spacial score (nSPS) is 17.6. The molecule has 0 radical (unpaired) electrons. The molecule has 0 unspecified atom stereocenters. The molecule has 0 aromatic carbocycles. The van der Waals surface area contributed by atoms with E-state index in [-0.39, 0.29) is 16.9 Å². The number of rotatable bonds is 4. The Hall–Kier alpha value is -1.45. The average molecular weight is 266 g/mol. The Morgan fingerprint density at radius 2 is 1.72 bits per heavy atom. The van der Waals surface area contributed by atoms with Crippen molar-refractivity contribution in [2.75, 3.05) is 0 Å². The zero-order valence-electron chi connectivity index (χ0n) is 10.9. The second-order valence-corrected chi connectivity index (χ2v) is 4.57. The van der Waals surface area contributed by atoms with Crippen LogP contribution in [-0.2, 0) is 9.59 Å². The minimum Gasteiger partial charge on any atom is -0.302 e. The molecule has 1 rings (SSSR count). The molecule has 0 aliphatic carbocycles. The van der Waals surface area contributed by atoms with Crippen LogP contribution in [0.3, 0.4) is 0 Å². The van der Waals surface area contributed by atoms with Crippen molar-refractivity contribution >= 4 is 29.1 Å². The molecule has 98 valence electrons. The molecule has 1 saturated heterocycles. The number of carbonyl (C=O) groups excluding carboxylic acids is 2. The van der Waals surface area contributed by atoms with Crippen molar-refractivity contribution in [3.8, 4) is 0 Å². The summed E-state index contributed by atoms with van der Waals surface area (Å²) in [5.74, 6) is -0.754. The first kappa shape index (κ1) is 14.6. The molecule has 4 nitrogen and oxygen atoms in total. The van der Waals surface area contributed by atoms with E-state index in [1.807, 2.05) is 13.8 Å². The van der Waals surface area contributed by atoms with E-state index in [1.54, 1.807) is 13.0 Å². The number of thiocarbonyl (C=S) groups is 1. The van der Waals surface area contributed by atoms with Crippen LogP contribution < -0.4 is 10.6 Å². The Morgan fingerprint density at radius 1 is 1.22 bits per heavy atom. The van der Waals surface area contributed by atoms with Crippen LogP contribution in [0.15, 0.2) is 17.4 Å². The molecular formula is C13H18N2O2S. The highest BCUT2D eigenvalue weighted by atomic mass is 32.1. The zero-order valence-corrected chi connectivity index (χ0v) is 11.7. The lowest BCUT2D eigenvalue weighted by Crippen LogP contribution is -2.61. The van der Waals surface area contributed by atoms with E-state index < -0.39 is 5.41 Å². The highest BCUT2D eigenvalue weighted by molar-refractivity contribution is 7.80. The lowest BCUT2D eigenvalue weighted by molar-refractivity contribution is -0.140. The highest BCUT2D eigenvalue weighted by Crippen LogP contribution is 2.27. The van der Waals surface area contributed by atoms with E-state index >= 15 is 0 Å². The van der Waals surface area contributed by atoms with Crippen LogP contribution in [0.2, 0.25) is 0 Å². The minimum absolute atomic E-state index is 0.0673. The standard InChI is InChI=1S/C13H18N2O2S/c1-4-9(5-2)7-8-13(6-3)10(16)14-12(18)15-11(13)17/h8H,4-6H2,1-3H3,(H2,14,15,16,17,18). The fraction of sp³-hybridized carbons (Fsp3) is 0.538. The smallest absolute Gasteiger partial charge is 0.246 e. The Morgan fingerprint density at radius 3 is 2.11 bits per heavy atom. The van der Waals surface area contributed by atoms with Crippen molar-refractivity contribution in [3.63, 3.8) is 0 Å². The number of amides is 2. The lowest BCUT2D eigenvalue weighted by atomic mass is 9.81. The van der Waals surface area contributed by atoms with E-state index in [1.165, 1.54) is 0 Å². The summed E-state index contributed by atoms with van der Waals surface area (Å²) in [7, 11) is 0. The summed E-state index contributed by atoms with van der Waals surface area (Å²) >= 11 is 4.79. The second kappa shape index (κ2) is 5.94. The molecule has 1 aliphatic heterocycles. The molecule has 0 aromatic heterocycles. The van der Waals surface area contributed by atoms with Gasteiger partial charge in [-0.25, -0.2) is 0 Å². The number of hydrogen-bond acceptors (Lipinski definition) is 3. The topological polar surface area (TPSA) is 58.2 Å². The molecular weight excluding hydrogens is 248 g/mol. The van der Waals surface area contributed by atoms with Gasteiger partial charge in [0.15, 0.2) is 10.5 Å². The molecule has 1 aliphatic rings. The maximum Gasteiger partial charge on any atom is 0.246 e. The van der Waals surface area contributed by atoms with Crippen LogP contribution in [0.5, 0.6) is 0 Å². The molecule has 0 bridgehead atoms. The average Bonchev–Trinajstić information content (AvgIpc) is 2.33. The monoisotopic (exact) mass is 266 g/mol. The molecule has 0 aromatic rings. The number of hydrogen-bond donors (Lipinski definition) is 2. The molecule has 0 atom stereocenters. The van der Waals surface area contributed by atoms with Crippen LogP contribution in [0, 0.1) is 5.41 Å². The van der Waals surface area contributed by atoms with Gasteiger partial charge in [0.05, 0.1) is 0 Å². The summed E-state index contributed by atoms with van der Waals surface area (Å²) in [6.07, 6.45) is 3.66. The third-order valence-electron chi connectivity index (χ3n) is 3.20. The van der Waals surface area contributed by atoms with Crippen molar-refractivity contribution in [1.29, 1.82) is 0 Å². The first-order chi connectivity index (χ1) is 8.50. The summed E-state index contributed by atoms with van der Waals surface area (Å²) in [4.78, 5) is 24.0. The second-order valence-electron chi connectivity index (χ2n) is 4.16. The van der Waals surface area contributed by atoms with Gasteiger partial charge < -0.3 is 10.6 Å². The Labute approximate surface area is 113 Å². The highest BCUT2D eigenvalue weighted by Gasteiger charge is 2.46. The van der Waals surface area contributed by atoms with Crippen LogP contribution in [0.4, 0.5) is 0 Å². The van der Waals surface area contributed by atoms with Crippen LogP contribution in [0.1, 0.15) is 40.0 Å². The Bertz CT molecular complexity index is 422. The maximum atomic E-state index is 12.0. The maximum absolute atomic E-state index is 12.0. The van der Waals surface area contributed by atoms with Crippen molar-refractivity contribution in [1.82, 2.24) is 10.6 Å². The van der Waals surface area contributed by atoms with Crippen molar-refractivity contribution in [2.45, 2.75) is 40.0 Å². The van der Waals surface area contributed by atoms with Crippen LogP contribution >= 0.6 is 12.2 Å². The fourth-order valence-corrected chi connectivity index (χ4v) is 1.98. The quantitative estimate of drug-likeness (QED) is 0.463. The molecule has 2 amide bonds. The first-order valence-corrected chi connectivity index (χ1v) is 6.53. The summed E-state index contributed by atoms with van der Waals surface area (Å²) < 4.78 is 0. The molecule has 1 heterocycles. The predicted molar refractivity (Wildman–Crippen MR) is 73.8 cm³/mol. The summed E-state index contributed by atoms with van der Waals surface area (Å²) in [5.41, 5.74) is 2.97. The van der Waals surface area contributed by atoms with Crippen molar-refractivity contribution < 1.29 is 9.59 Å². The van der Waals surface area contributed by atoms with Crippen LogP contribution in [-0.4, -0.2) is 16.9 Å². The predicted octanol–water partition coefficient (Wildman–Crippen LogP) is 1.82. The van der Waals surface area contributed by atoms with Crippen molar-refractivity contribution in [3.05, 3.63) is 17.4 Å². The molecule has 1 fully saturated rings. The van der Waals surface area contributed by atoms with E-state index in [9.17, 15) is 9.59 Å². The largest absolute Gasteiger partial charge is 0.302 e. The van der Waals surface area contributed by atoms with Gasteiger partial charge in [-0.1, -0.05) is 20.8 Å². The fourth-order valence-electron chi connectivity index (χ4n) is 1.80. The molecule has 2 N–H and O–H groups in total. The van der Waals surface area contributed by atoms with Gasteiger partial charge in [0, 0.05) is 0 Å². The van der Waals surface area contributed by atoms with E-state index in [0.29, 0.717) is 6.42 Å². The van der Waals surface area contributed by atoms with Gasteiger partial charge in [0.2, 0.25) is 11.8 Å². The minimum atomic E-state index is -1.20. The van der Waals surface area contributed by atoms with Crippen molar-refractivity contribution in [2.24, 2.45) is 5.41 Å². The summed E-state index contributed by atoms with van der Waals surface area (Å²) in [6.45, 7) is 5.84. The first-order valence-electron chi connectivity index (χ1n) is 6.12. The van der Waals surface area contributed by atoms with E-state index in [4.69, 9.17) is 12.2 Å². The molecule has 18 heavy (non-hydrogen) atoms. The lowest BCUT2D eigenvalue weighted by Gasteiger charge is -2.30.